The second-order valence-electron chi connectivity index (χ2n) is 7.74. The second kappa shape index (κ2) is 7.12. The number of benzene rings is 2. The van der Waals surface area contributed by atoms with Crippen LogP contribution < -0.4 is 5.32 Å². The highest BCUT2D eigenvalue weighted by Gasteiger charge is 2.26. The first-order chi connectivity index (χ1) is 14.0. The van der Waals surface area contributed by atoms with Crippen LogP contribution in [0.4, 0.5) is 5.69 Å². The van der Waals surface area contributed by atoms with Crippen LogP contribution in [-0.4, -0.2) is 20.9 Å². The molecule has 146 valence electrons. The van der Waals surface area contributed by atoms with Crippen molar-refractivity contribution in [1.82, 2.24) is 15.0 Å². The summed E-state index contributed by atoms with van der Waals surface area (Å²) in [4.78, 5) is 25.2. The quantitative estimate of drug-likeness (QED) is 0.504. The Labute approximate surface area is 173 Å². The van der Waals surface area contributed by atoms with E-state index in [9.17, 15) is 4.79 Å². The van der Waals surface area contributed by atoms with Gasteiger partial charge in [0, 0.05) is 29.3 Å². The van der Waals surface area contributed by atoms with Crippen molar-refractivity contribution in [3.8, 4) is 10.6 Å². The Morgan fingerprint density at radius 1 is 1.14 bits per heavy atom. The average molecular weight is 403 g/mol. The number of aromatic amines is 1. The second-order valence-corrected chi connectivity index (χ2v) is 8.77. The number of carbonyl (C=O) groups excluding carboxylic acids is 1. The van der Waals surface area contributed by atoms with E-state index in [1.165, 1.54) is 10.3 Å². The van der Waals surface area contributed by atoms with E-state index < -0.39 is 0 Å². The van der Waals surface area contributed by atoms with Gasteiger partial charge in [-0.15, -0.1) is 11.3 Å². The number of hydrogen-bond donors (Lipinski definition) is 2. The smallest absolute Gasteiger partial charge is 0.227 e. The van der Waals surface area contributed by atoms with Crippen molar-refractivity contribution >= 4 is 33.1 Å². The van der Waals surface area contributed by atoms with Gasteiger partial charge in [0.2, 0.25) is 5.91 Å². The molecule has 1 amide bonds. The number of H-pyrrole nitrogens is 1. The topological polar surface area (TPSA) is 70.7 Å². The van der Waals surface area contributed by atoms with Crippen LogP contribution in [0.3, 0.4) is 0 Å². The molecule has 1 aliphatic carbocycles. The van der Waals surface area contributed by atoms with Crippen molar-refractivity contribution < 1.29 is 4.79 Å². The molecule has 1 unspecified atom stereocenters. The van der Waals surface area contributed by atoms with Crippen LogP contribution in [-0.2, 0) is 17.6 Å². The summed E-state index contributed by atoms with van der Waals surface area (Å²) in [5.74, 6) is 0.984. The van der Waals surface area contributed by atoms with E-state index in [0.717, 1.165) is 58.2 Å². The standard InChI is InChI=1S/C23H22N4OS/c1-13-3-9-19-21(11-13)29-23(27-19)15-4-7-17(8-5-15)26-22(28)16-6-10-18-20(12-16)25-14(2)24-18/h3-5,7-9,11,16H,6,10,12H2,1-2H3,(H,24,25)(H,26,28). The fraction of sp³-hybridized carbons (Fsp3) is 0.261. The Hall–Kier alpha value is -2.99. The predicted molar refractivity (Wildman–Crippen MR) is 117 cm³/mol. The van der Waals surface area contributed by atoms with Gasteiger partial charge in [-0.3, -0.25) is 4.79 Å². The predicted octanol–water partition coefficient (Wildman–Crippen LogP) is 5.05. The Balaban J connectivity index is 1.29. The Morgan fingerprint density at radius 2 is 1.97 bits per heavy atom. The van der Waals surface area contributed by atoms with Crippen LogP contribution in [0.25, 0.3) is 20.8 Å². The molecule has 5 rings (SSSR count). The Kier molecular flexibility index (Phi) is 4.43. The number of thiazole rings is 1. The molecule has 4 aromatic rings. The van der Waals surface area contributed by atoms with E-state index in [2.05, 4.69) is 40.4 Å². The molecule has 29 heavy (non-hydrogen) atoms. The first kappa shape index (κ1) is 18.1. The molecule has 2 aromatic heterocycles. The largest absolute Gasteiger partial charge is 0.346 e. The molecular weight excluding hydrogens is 380 g/mol. The lowest BCUT2D eigenvalue weighted by Crippen LogP contribution is -2.28. The molecule has 2 N–H and O–H groups in total. The summed E-state index contributed by atoms with van der Waals surface area (Å²) in [7, 11) is 0. The molecule has 2 heterocycles. The summed E-state index contributed by atoms with van der Waals surface area (Å²) in [5, 5.41) is 4.07. The van der Waals surface area contributed by atoms with Gasteiger partial charge in [-0.25, -0.2) is 9.97 Å². The summed E-state index contributed by atoms with van der Waals surface area (Å²) in [6.45, 7) is 4.05. The Morgan fingerprint density at radius 3 is 2.79 bits per heavy atom. The molecule has 0 bridgehead atoms. The summed E-state index contributed by atoms with van der Waals surface area (Å²) >= 11 is 1.69. The van der Waals surface area contributed by atoms with Gasteiger partial charge in [0.1, 0.15) is 10.8 Å². The lowest BCUT2D eigenvalue weighted by atomic mass is 9.89. The zero-order chi connectivity index (χ0) is 20.0. The van der Waals surface area contributed by atoms with Crippen LogP contribution in [0.15, 0.2) is 42.5 Å². The van der Waals surface area contributed by atoms with Gasteiger partial charge in [0.15, 0.2) is 0 Å². The van der Waals surface area contributed by atoms with Crippen molar-refractivity contribution in [3.05, 3.63) is 65.2 Å². The highest BCUT2D eigenvalue weighted by Crippen LogP contribution is 2.31. The van der Waals surface area contributed by atoms with Gasteiger partial charge in [0.25, 0.3) is 0 Å². The summed E-state index contributed by atoms with van der Waals surface area (Å²) in [6, 6.07) is 14.3. The molecule has 2 aromatic carbocycles. The van der Waals surface area contributed by atoms with Gasteiger partial charge >= 0.3 is 0 Å². The monoisotopic (exact) mass is 402 g/mol. The summed E-state index contributed by atoms with van der Waals surface area (Å²) < 4.78 is 1.20. The zero-order valence-corrected chi connectivity index (χ0v) is 17.3. The third kappa shape index (κ3) is 3.56. The minimum absolute atomic E-state index is 0.0190. The van der Waals surface area contributed by atoms with Crippen molar-refractivity contribution in [3.63, 3.8) is 0 Å². The number of nitrogens with zero attached hydrogens (tertiary/aromatic N) is 2. The van der Waals surface area contributed by atoms with E-state index in [1.807, 2.05) is 31.2 Å². The number of carbonyl (C=O) groups is 1. The highest BCUT2D eigenvalue weighted by molar-refractivity contribution is 7.21. The maximum atomic E-state index is 12.7. The zero-order valence-electron chi connectivity index (χ0n) is 16.5. The van der Waals surface area contributed by atoms with Crippen LogP contribution in [0.1, 0.15) is 29.2 Å². The molecule has 0 fully saturated rings. The number of amides is 1. The molecule has 0 aliphatic heterocycles. The van der Waals surface area contributed by atoms with Crippen LogP contribution in [0.5, 0.6) is 0 Å². The first-order valence-corrected chi connectivity index (χ1v) is 10.7. The third-order valence-electron chi connectivity index (χ3n) is 5.48. The maximum absolute atomic E-state index is 12.7. The number of fused-ring (bicyclic) bond motifs is 2. The molecular formula is C23H22N4OS. The van der Waals surface area contributed by atoms with E-state index in [4.69, 9.17) is 4.98 Å². The van der Waals surface area contributed by atoms with Crippen molar-refractivity contribution in [1.29, 1.82) is 0 Å². The maximum Gasteiger partial charge on any atom is 0.227 e. The summed E-state index contributed by atoms with van der Waals surface area (Å²) in [6.07, 6.45) is 2.42. The number of nitrogens with one attached hydrogen (secondary N) is 2. The number of imidazole rings is 1. The van der Waals surface area contributed by atoms with E-state index in [1.54, 1.807) is 11.3 Å². The Bertz CT molecular complexity index is 1210. The normalized spacial score (nSPS) is 16.0. The number of anilines is 1. The molecule has 1 aliphatic rings. The van der Waals surface area contributed by atoms with Crippen LogP contribution in [0, 0.1) is 19.8 Å². The van der Waals surface area contributed by atoms with Gasteiger partial charge in [0.05, 0.1) is 15.9 Å². The third-order valence-corrected chi connectivity index (χ3v) is 6.54. The average Bonchev–Trinajstić information content (AvgIpc) is 3.29. The fourth-order valence-electron chi connectivity index (χ4n) is 3.94. The van der Waals surface area contributed by atoms with Crippen molar-refractivity contribution in [2.75, 3.05) is 5.32 Å². The van der Waals surface area contributed by atoms with E-state index >= 15 is 0 Å². The SMILES string of the molecule is Cc1ccc2nc(-c3ccc(NC(=O)C4CCc5nc(C)[nH]c5C4)cc3)sc2c1. The minimum Gasteiger partial charge on any atom is -0.346 e. The van der Waals surface area contributed by atoms with Gasteiger partial charge in [-0.05, 0) is 68.7 Å². The fourth-order valence-corrected chi connectivity index (χ4v) is 5.01. The lowest BCUT2D eigenvalue weighted by Gasteiger charge is -2.20. The van der Waals surface area contributed by atoms with Crippen LogP contribution in [0.2, 0.25) is 0 Å². The molecule has 0 saturated carbocycles. The molecule has 5 nitrogen and oxygen atoms in total. The first-order valence-electron chi connectivity index (χ1n) is 9.88. The van der Waals surface area contributed by atoms with Crippen molar-refractivity contribution in [2.24, 2.45) is 5.92 Å². The van der Waals surface area contributed by atoms with E-state index in [-0.39, 0.29) is 11.8 Å². The lowest BCUT2D eigenvalue weighted by molar-refractivity contribution is -0.120. The van der Waals surface area contributed by atoms with Gasteiger partial charge < -0.3 is 10.3 Å². The van der Waals surface area contributed by atoms with Gasteiger partial charge in [-0.1, -0.05) is 6.07 Å². The van der Waals surface area contributed by atoms with Crippen LogP contribution >= 0.6 is 11.3 Å². The number of aryl methyl sites for hydroxylation is 3. The molecule has 1 atom stereocenters. The molecule has 0 spiro atoms. The van der Waals surface area contributed by atoms with Gasteiger partial charge in [-0.2, -0.15) is 0 Å². The number of hydrogen-bond acceptors (Lipinski definition) is 4. The minimum atomic E-state index is -0.0190. The summed E-state index contributed by atoms with van der Waals surface area (Å²) in [5.41, 5.74) is 6.38. The highest BCUT2D eigenvalue weighted by atomic mass is 32.1. The number of aromatic nitrogens is 3. The molecule has 6 heteroatoms. The van der Waals surface area contributed by atoms with Crippen molar-refractivity contribution in [2.45, 2.75) is 33.1 Å². The van der Waals surface area contributed by atoms with E-state index in [0.29, 0.717) is 0 Å². The molecule has 0 saturated heterocycles. The molecule has 0 radical (unpaired) electrons. The number of rotatable bonds is 3.